The average Bonchev–Trinajstić information content (AvgIpc) is 2.96. The van der Waals surface area contributed by atoms with Gasteiger partial charge in [0.2, 0.25) is 5.88 Å². The first-order valence-corrected chi connectivity index (χ1v) is 7.94. The zero-order chi connectivity index (χ0) is 14.3. The topological polar surface area (TPSA) is 52.0 Å². The Hall–Kier alpha value is -1.01. The van der Waals surface area contributed by atoms with Crippen molar-refractivity contribution in [2.75, 3.05) is 5.73 Å². The lowest BCUT2D eigenvalue weighted by Gasteiger charge is -2.04. The van der Waals surface area contributed by atoms with Gasteiger partial charge in [-0.2, -0.15) is 0 Å². The zero-order valence-electron chi connectivity index (χ0n) is 9.86. The van der Waals surface area contributed by atoms with Crippen LogP contribution in [-0.4, -0.2) is 5.16 Å². The first-order chi connectivity index (χ1) is 9.56. The van der Waals surface area contributed by atoms with Crippen molar-refractivity contribution in [2.24, 2.45) is 0 Å². The maximum atomic E-state index is 6.24. The van der Waals surface area contributed by atoms with Crippen molar-refractivity contribution in [1.29, 1.82) is 0 Å². The van der Waals surface area contributed by atoms with Crippen molar-refractivity contribution in [1.82, 2.24) is 5.16 Å². The Labute approximate surface area is 137 Å². The van der Waals surface area contributed by atoms with Gasteiger partial charge in [-0.05, 0) is 34.1 Å². The molecule has 0 bridgehead atoms. The van der Waals surface area contributed by atoms with E-state index >= 15 is 0 Å². The summed E-state index contributed by atoms with van der Waals surface area (Å²) in [5, 5.41) is 7.07. The molecule has 0 fully saturated rings. The van der Waals surface area contributed by atoms with Gasteiger partial charge in [-0.25, -0.2) is 0 Å². The van der Waals surface area contributed by atoms with E-state index in [-0.39, 0.29) is 5.88 Å². The molecule has 3 nitrogen and oxygen atoms in total. The van der Waals surface area contributed by atoms with Gasteiger partial charge in [0.15, 0.2) is 0 Å². The normalized spacial score (nSPS) is 10.9. The number of anilines is 1. The molecule has 2 N–H and O–H groups in total. The summed E-state index contributed by atoms with van der Waals surface area (Å²) in [5.41, 5.74) is 8.90. The Morgan fingerprint density at radius 1 is 1.25 bits per heavy atom. The Kier molecular flexibility index (Phi) is 3.77. The smallest absolute Gasteiger partial charge is 0.230 e. The molecular formula is C13H7BrCl2N2OS. The molecular weight excluding hydrogens is 383 g/mol. The minimum absolute atomic E-state index is 0.228. The van der Waals surface area contributed by atoms with Gasteiger partial charge >= 0.3 is 0 Å². The number of nitrogens with two attached hydrogens (primary N) is 1. The highest BCUT2D eigenvalue weighted by atomic mass is 79.9. The number of halogens is 3. The van der Waals surface area contributed by atoms with Crippen LogP contribution in [0.5, 0.6) is 0 Å². The molecule has 20 heavy (non-hydrogen) atoms. The predicted molar refractivity (Wildman–Crippen MR) is 87.4 cm³/mol. The molecule has 0 saturated carbocycles. The monoisotopic (exact) mass is 388 g/mol. The fraction of sp³-hybridized carbons (Fsp3) is 0. The zero-order valence-corrected chi connectivity index (χ0v) is 13.8. The molecule has 0 atom stereocenters. The summed E-state index contributed by atoms with van der Waals surface area (Å²) in [4.78, 5) is 0. The highest BCUT2D eigenvalue weighted by Crippen LogP contribution is 2.41. The third-order valence-corrected chi connectivity index (χ3v) is 4.81. The molecule has 2 aromatic heterocycles. The SMILES string of the molecule is Nc1onc(-c2csc(Br)c2)c1-c1ccc(Cl)cc1Cl. The van der Waals surface area contributed by atoms with Crippen molar-refractivity contribution in [2.45, 2.75) is 0 Å². The van der Waals surface area contributed by atoms with Crippen LogP contribution < -0.4 is 5.73 Å². The number of hydrogen-bond donors (Lipinski definition) is 1. The van der Waals surface area contributed by atoms with Crippen LogP contribution in [0.25, 0.3) is 22.4 Å². The molecule has 3 aromatic rings. The Morgan fingerprint density at radius 3 is 2.70 bits per heavy atom. The number of nitrogen functional groups attached to an aromatic ring is 1. The lowest BCUT2D eigenvalue weighted by molar-refractivity contribution is 0.439. The lowest BCUT2D eigenvalue weighted by Crippen LogP contribution is -1.88. The minimum atomic E-state index is 0.228. The Morgan fingerprint density at radius 2 is 2.05 bits per heavy atom. The summed E-state index contributed by atoms with van der Waals surface area (Å²) in [6, 6.07) is 7.18. The van der Waals surface area contributed by atoms with Crippen LogP contribution in [-0.2, 0) is 0 Å². The third kappa shape index (κ3) is 2.46. The van der Waals surface area contributed by atoms with Gasteiger partial charge in [0.05, 0.1) is 14.4 Å². The van der Waals surface area contributed by atoms with E-state index < -0.39 is 0 Å². The molecule has 0 aliphatic heterocycles. The minimum Gasteiger partial charge on any atom is -0.367 e. The van der Waals surface area contributed by atoms with Crippen LogP contribution in [0.15, 0.2) is 38.0 Å². The highest BCUT2D eigenvalue weighted by molar-refractivity contribution is 9.11. The summed E-state index contributed by atoms with van der Waals surface area (Å²) in [7, 11) is 0. The molecule has 1 aromatic carbocycles. The molecule has 0 spiro atoms. The summed E-state index contributed by atoms with van der Waals surface area (Å²) in [5.74, 6) is 0.228. The fourth-order valence-electron chi connectivity index (χ4n) is 1.89. The highest BCUT2D eigenvalue weighted by Gasteiger charge is 2.20. The van der Waals surface area contributed by atoms with Crippen LogP contribution in [0.4, 0.5) is 5.88 Å². The lowest BCUT2D eigenvalue weighted by atomic mass is 10.0. The Balaban J connectivity index is 2.21. The molecule has 0 aliphatic rings. The van der Waals surface area contributed by atoms with Gasteiger partial charge in [0.25, 0.3) is 0 Å². The van der Waals surface area contributed by atoms with Crippen molar-refractivity contribution in [3.8, 4) is 22.4 Å². The first kappa shape index (κ1) is 13.9. The van der Waals surface area contributed by atoms with Crippen molar-refractivity contribution >= 4 is 56.4 Å². The number of rotatable bonds is 2. The van der Waals surface area contributed by atoms with E-state index in [2.05, 4.69) is 21.1 Å². The van der Waals surface area contributed by atoms with Crippen LogP contribution in [0.3, 0.4) is 0 Å². The van der Waals surface area contributed by atoms with E-state index in [9.17, 15) is 0 Å². The summed E-state index contributed by atoms with van der Waals surface area (Å²) in [6.45, 7) is 0. The van der Waals surface area contributed by atoms with Crippen LogP contribution >= 0.6 is 50.5 Å². The predicted octanol–water partition coefficient (Wildman–Crippen LogP) is 5.72. The first-order valence-electron chi connectivity index (χ1n) is 5.51. The van der Waals surface area contributed by atoms with Gasteiger partial charge in [0, 0.05) is 21.5 Å². The average molecular weight is 390 g/mol. The third-order valence-electron chi connectivity index (χ3n) is 2.76. The number of aromatic nitrogens is 1. The van der Waals surface area contributed by atoms with E-state index in [1.54, 1.807) is 29.5 Å². The maximum absolute atomic E-state index is 6.24. The molecule has 0 radical (unpaired) electrons. The maximum Gasteiger partial charge on any atom is 0.230 e. The quantitative estimate of drug-likeness (QED) is 0.609. The van der Waals surface area contributed by atoms with Crippen molar-refractivity contribution in [3.63, 3.8) is 0 Å². The van der Waals surface area contributed by atoms with Gasteiger partial charge in [-0.1, -0.05) is 34.4 Å². The van der Waals surface area contributed by atoms with E-state index in [1.165, 1.54) is 0 Å². The molecule has 2 heterocycles. The second-order valence-corrected chi connectivity index (χ2v) is 7.17. The molecule has 0 unspecified atom stereocenters. The molecule has 0 aliphatic carbocycles. The number of benzene rings is 1. The second kappa shape index (κ2) is 5.41. The van der Waals surface area contributed by atoms with Gasteiger partial charge in [-0.15, -0.1) is 11.3 Å². The molecule has 0 amide bonds. The van der Waals surface area contributed by atoms with E-state index in [0.717, 1.165) is 14.9 Å². The second-order valence-electron chi connectivity index (χ2n) is 4.03. The van der Waals surface area contributed by atoms with Gasteiger partial charge in [-0.3, -0.25) is 0 Å². The van der Waals surface area contributed by atoms with E-state index in [1.807, 2.05) is 11.4 Å². The summed E-state index contributed by atoms with van der Waals surface area (Å²) < 4.78 is 6.13. The van der Waals surface area contributed by atoms with E-state index in [4.69, 9.17) is 33.5 Å². The van der Waals surface area contributed by atoms with Gasteiger partial charge < -0.3 is 10.3 Å². The van der Waals surface area contributed by atoms with Gasteiger partial charge in [0.1, 0.15) is 5.69 Å². The van der Waals surface area contributed by atoms with Crippen molar-refractivity contribution < 1.29 is 4.52 Å². The fourth-order valence-corrected chi connectivity index (χ4v) is 3.53. The summed E-state index contributed by atoms with van der Waals surface area (Å²) >= 11 is 17.1. The molecule has 7 heteroatoms. The van der Waals surface area contributed by atoms with Crippen LogP contribution in [0.2, 0.25) is 10.0 Å². The molecule has 102 valence electrons. The summed E-state index contributed by atoms with van der Waals surface area (Å²) in [6.07, 6.45) is 0. The standard InChI is InChI=1S/C13H7BrCl2N2OS/c14-10-3-6(5-20-10)12-11(13(17)19-18-12)8-2-1-7(15)4-9(8)16/h1-5H,17H2. The number of thiophene rings is 1. The van der Waals surface area contributed by atoms with Crippen LogP contribution in [0, 0.1) is 0 Å². The number of hydrogen-bond acceptors (Lipinski definition) is 4. The molecule has 3 rings (SSSR count). The van der Waals surface area contributed by atoms with Crippen molar-refractivity contribution in [3.05, 3.63) is 43.5 Å². The number of nitrogens with zero attached hydrogens (tertiary/aromatic N) is 1. The Bertz CT molecular complexity index is 785. The largest absolute Gasteiger partial charge is 0.367 e. The molecule has 0 saturated heterocycles. The van der Waals surface area contributed by atoms with Crippen LogP contribution in [0.1, 0.15) is 0 Å². The van der Waals surface area contributed by atoms with E-state index in [0.29, 0.717) is 21.3 Å².